The molecule has 156 valence electrons. The summed E-state index contributed by atoms with van der Waals surface area (Å²) in [5, 5.41) is 2.92. The molecule has 2 N–H and O–H groups in total. The number of amides is 1. The summed E-state index contributed by atoms with van der Waals surface area (Å²) in [6, 6.07) is 24.6. The second-order valence-electron chi connectivity index (χ2n) is 7.00. The van der Waals surface area contributed by atoms with E-state index in [4.69, 9.17) is 0 Å². The molecule has 7 heteroatoms. The molecular weight excluding hydrogens is 398 g/mol. The second-order valence-corrected chi connectivity index (χ2v) is 8.68. The van der Waals surface area contributed by atoms with E-state index in [1.54, 1.807) is 42.5 Å². The minimum Gasteiger partial charge on any atom is -0.370 e. The summed E-state index contributed by atoms with van der Waals surface area (Å²) in [5.41, 5.74) is 1.94. The van der Waals surface area contributed by atoms with Gasteiger partial charge in [0, 0.05) is 36.6 Å². The molecule has 30 heavy (non-hydrogen) atoms. The topological polar surface area (TPSA) is 78.5 Å². The quantitative estimate of drug-likeness (QED) is 0.579. The average Bonchev–Trinajstić information content (AvgIpc) is 2.78. The third kappa shape index (κ3) is 5.39. The smallest absolute Gasteiger partial charge is 0.261 e. The van der Waals surface area contributed by atoms with Crippen LogP contribution in [0.4, 0.5) is 11.4 Å². The average molecular weight is 424 g/mol. The zero-order valence-corrected chi connectivity index (χ0v) is 17.8. The van der Waals surface area contributed by atoms with E-state index < -0.39 is 10.0 Å². The second kappa shape index (κ2) is 9.45. The van der Waals surface area contributed by atoms with E-state index in [1.807, 2.05) is 44.3 Å². The van der Waals surface area contributed by atoms with Gasteiger partial charge in [-0.15, -0.1) is 0 Å². The molecule has 0 aliphatic carbocycles. The highest BCUT2D eigenvalue weighted by Gasteiger charge is 2.15. The first-order valence-corrected chi connectivity index (χ1v) is 11.1. The largest absolute Gasteiger partial charge is 0.370 e. The van der Waals surface area contributed by atoms with Crippen molar-refractivity contribution in [1.29, 1.82) is 0 Å². The van der Waals surface area contributed by atoms with E-state index in [0.717, 1.165) is 5.69 Å². The number of hydrogen-bond donors (Lipinski definition) is 2. The fourth-order valence-electron chi connectivity index (χ4n) is 2.90. The van der Waals surface area contributed by atoms with Crippen molar-refractivity contribution in [2.75, 3.05) is 23.2 Å². The molecule has 6 nitrogen and oxygen atoms in total. The first-order valence-electron chi connectivity index (χ1n) is 9.61. The number of nitrogens with zero attached hydrogens (tertiary/aromatic N) is 1. The third-order valence-electron chi connectivity index (χ3n) is 4.84. The number of sulfonamides is 1. The number of hydrogen-bond acceptors (Lipinski definition) is 4. The van der Waals surface area contributed by atoms with Crippen molar-refractivity contribution in [3.63, 3.8) is 0 Å². The molecule has 0 spiro atoms. The van der Waals surface area contributed by atoms with Crippen LogP contribution in [-0.2, 0) is 10.0 Å². The van der Waals surface area contributed by atoms with Crippen molar-refractivity contribution >= 4 is 27.3 Å². The van der Waals surface area contributed by atoms with Crippen LogP contribution in [-0.4, -0.2) is 34.0 Å². The predicted molar refractivity (Wildman–Crippen MR) is 120 cm³/mol. The molecule has 1 amide bonds. The lowest BCUT2D eigenvalue weighted by Gasteiger charge is -2.27. The fraction of sp³-hybridized carbons (Fsp3) is 0.174. The standard InChI is InChI=1S/C23H25N3O3S/c1-18(26(2)21-9-5-3-6-10-21)17-24-23(27)19-13-15-20(16-14-19)25-30(28,29)22-11-7-4-8-12-22/h3-16,18,25H,17H2,1-2H3,(H,24,27). The molecule has 0 fully saturated rings. The van der Waals surface area contributed by atoms with Crippen molar-refractivity contribution in [2.45, 2.75) is 17.9 Å². The maximum absolute atomic E-state index is 12.5. The zero-order valence-electron chi connectivity index (χ0n) is 16.9. The molecule has 0 aliphatic heterocycles. The highest BCUT2D eigenvalue weighted by atomic mass is 32.2. The van der Waals surface area contributed by atoms with Crippen molar-refractivity contribution in [3.05, 3.63) is 90.5 Å². The maximum Gasteiger partial charge on any atom is 0.261 e. The van der Waals surface area contributed by atoms with Gasteiger partial charge in [0.25, 0.3) is 15.9 Å². The van der Waals surface area contributed by atoms with Crippen molar-refractivity contribution in [3.8, 4) is 0 Å². The molecule has 0 saturated carbocycles. The van der Waals surface area contributed by atoms with E-state index >= 15 is 0 Å². The Morgan fingerprint density at radius 1 is 0.900 bits per heavy atom. The Morgan fingerprint density at radius 3 is 2.07 bits per heavy atom. The van der Waals surface area contributed by atoms with Gasteiger partial charge in [0.15, 0.2) is 0 Å². The van der Waals surface area contributed by atoms with Gasteiger partial charge in [-0.1, -0.05) is 36.4 Å². The van der Waals surface area contributed by atoms with Crippen LogP contribution in [0.25, 0.3) is 0 Å². The molecule has 0 heterocycles. The van der Waals surface area contributed by atoms with E-state index in [1.165, 1.54) is 12.1 Å². The van der Waals surface area contributed by atoms with Gasteiger partial charge >= 0.3 is 0 Å². The van der Waals surface area contributed by atoms with Gasteiger partial charge in [-0.05, 0) is 55.5 Å². The number of carbonyl (C=O) groups is 1. The first-order chi connectivity index (χ1) is 14.4. The van der Waals surface area contributed by atoms with E-state index in [2.05, 4.69) is 14.9 Å². The summed E-state index contributed by atoms with van der Waals surface area (Å²) in [7, 11) is -1.67. The number of likely N-dealkylation sites (N-methyl/N-ethyl adjacent to an activating group) is 1. The molecule has 0 radical (unpaired) electrons. The van der Waals surface area contributed by atoms with Gasteiger partial charge in [-0.25, -0.2) is 8.42 Å². The molecule has 1 atom stereocenters. The molecule has 3 rings (SSSR count). The number of benzene rings is 3. The maximum atomic E-state index is 12.5. The number of carbonyl (C=O) groups excluding carboxylic acids is 1. The summed E-state index contributed by atoms with van der Waals surface area (Å²) in [4.78, 5) is 14.7. The molecule has 0 aliphatic rings. The van der Waals surface area contributed by atoms with E-state index in [-0.39, 0.29) is 16.8 Å². The first kappa shape index (κ1) is 21.4. The lowest BCUT2D eigenvalue weighted by Crippen LogP contribution is -2.40. The Morgan fingerprint density at radius 2 is 1.47 bits per heavy atom. The minimum atomic E-state index is -3.66. The molecule has 1 unspecified atom stereocenters. The summed E-state index contributed by atoms with van der Waals surface area (Å²) < 4.78 is 27.3. The Kier molecular flexibility index (Phi) is 6.74. The number of rotatable bonds is 8. The Labute approximate surface area is 177 Å². The van der Waals surface area contributed by atoms with Gasteiger partial charge in [-0.2, -0.15) is 0 Å². The van der Waals surface area contributed by atoms with Gasteiger partial charge < -0.3 is 10.2 Å². The zero-order chi connectivity index (χ0) is 21.6. The van der Waals surface area contributed by atoms with Crippen LogP contribution in [0.2, 0.25) is 0 Å². The molecule has 3 aromatic carbocycles. The number of nitrogens with one attached hydrogen (secondary N) is 2. The molecular formula is C23H25N3O3S. The minimum absolute atomic E-state index is 0.105. The van der Waals surface area contributed by atoms with Gasteiger partial charge in [0.1, 0.15) is 0 Å². The van der Waals surface area contributed by atoms with Crippen LogP contribution < -0.4 is 14.9 Å². The fourth-order valence-corrected chi connectivity index (χ4v) is 3.98. The van der Waals surface area contributed by atoms with Crippen LogP contribution in [0.5, 0.6) is 0 Å². The molecule has 0 bridgehead atoms. The predicted octanol–water partition coefficient (Wildman–Crippen LogP) is 3.74. The van der Waals surface area contributed by atoms with E-state index in [0.29, 0.717) is 17.8 Å². The van der Waals surface area contributed by atoms with Crippen LogP contribution in [0.15, 0.2) is 89.8 Å². The van der Waals surface area contributed by atoms with Crippen molar-refractivity contribution < 1.29 is 13.2 Å². The SMILES string of the molecule is CC(CNC(=O)c1ccc(NS(=O)(=O)c2ccccc2)cc1)N(C)c1ccccc1. The molecule has 0 aromatic heterocycles. The van der Waals surface area contributed by atoms with Crippen molar-refractivity contribution in [1.82, 2.24) is 5.32 Å². The Hall–Kier alpha value is -3.32. The normalized spacial score (nSPS) is 12.1. The van der Waals surface area contributed by atoms with Crippen molar-refractivity contribution in [2.24, 2.45) is 0 Å². The summed E-state index contributed by atoms with van der Waals surface area (Å²) in [6.07, 6.45) is 0. The Bertz CT molecular complexity index is 1070. The van der Waals surface area contributed by atoms with E-state index in [9.17, 15) is 13.2 Å². The lowest BCUT2D eigenvalue weighted by atomic mass is 10.2. The van der Waals surface area contributed by atoms with Gasteiger partial charge in [-0.3, -0.25) is 9.52 Å². The summed E-state index contributed by atoms with van der Waals surface area (Å²) >= 11 is 0. The van der Waals surface area contributed by atoms with Crippen LogP contribution in [0.1, 0.15) is 17.3 Å². The lowest BCUT2D eigenvalue weighted by molar-refractivity contribution is 0.0951. The number of anilines is 2. The summed E-state index contributed by atoms with van der Waals surface area (Å²) in [5.74, 6) is -0.208. The number of para-hydroxylation sites is 1. The monoisotopic (exact) mass is 423 g/mol. The van der Waals surface area contributed by atoms with Crippen LogP contribution in [0.3, 0.4) is 0 Å². The van der Waals surface area contributed by atoms with Gasteiger partial charge in [0.2, 0.25) is 0 Å². The van der Waals surface area contributed by atoms with Crippen LogP contribution in [0, 0.1) is 0 Å². The Balaban J connectivity index is 1.57. The molecule has 3 aromatic rings. The third-order valence-corrected chi connectivity index (χ3v) is 6.23. The highest BCUT2D eigenvalue weighted by molar-refractivity contribution is 7.92. The summed E-state index contributed by atoms with van der Waals surface area (Å²) in [6.45, 7) is 2.52. The highest BCUT2D eigenvalue weighted by Crippen LogP contribution is 2.17. The molecule has 0 saturated heterocycles. The van der Waals surface area contributed by atoms with Crippen LogP contribution >= 0.6 is 0 Å². The van der Waals surface area contributed by atoms with Gasteiger partial charge in [0.05, 0.1) is 4.90 Å².